The predicted octanol–water partition coefficient (Wildman–Crippen LogP) is 4.12. The van der Waals surface area contributed by atoms with Crippen LogP contribution in [0.3, 0.4) is 0 Å². The summed E-state index contributed by atoms with van der Waals surface area (Å²) in [6, 6.07) is 9.79. The Morgan fingerprint density at radius 2 is 1.73 bits per heavy atom. The lowest BCUT2D eigenvalue weighted by molar-refractivity contribution is -0.134. The quantitative estimate of drug-likeness (QED) is 0.274. The Morgan fingerprint density at radius 1 is 1.02 bits per heavy atom. The molecule has 2 aromatic rings. The van der Waals surface area contributed by atoms with Crippen LogP contribution in [0.25, 0.3) is 0 Å². The number of ketones is 2. The number of ether oxygens (including phenoxy) is 1. The minimum absolute atomic E-state index is 0.0629. The van der Waals surface area contributed by atoms with Crippen molar-refractivity contribution in [3.8, 4) is 0 Å². The number of carbonyl (C=O) groups excluding carboxylic acids is 4. The van der Waals surface area contributed by atoms with Gasteiger partial charge in [0.15, 0.2) is 23.0 Å². The highest BCUT2D eigenvalue weighted by Gasteiger charge is 2.48. The number of nitrogens with zero attached hydrogens (tertiary/aromatic N) is 2. The molecule has 2 aliphatic rings. The number of benzene rings is 1. The average molecular weight is 609 g/mol. The first-order chi connectivity index (χ1) is 21.1. The summed E-state index contributed by atoms with van der Waals surface area (Å²) < 4.78 is 10.8. The Bertz CT molecular complexity index is 1270. The van der Waals surface area contributed by atoms with E-state index in [0.717, 1.165) is 31.5 Å². The van der Waals surface area contributed by atoms with Crippen molar-refractivity contribution in [2.75, 3.05) is 26.3 Å². The smallest absolute Gasteiger partial charge is 0.274 e. The summed E-state index contributed by atoms with van der Waals surface area (Å²) in [5.74, 6) is -0.857. The van der Waals surface area contributed by atoms with Crippen molar-refractivity contribution in [1.82, 2.24) is 20.7 Å². The molecule has 4 rings (SSSR count). The first kappa shape index (κ1) is 33.5. The van der Waals surface area contributed by atoms with Gasteiger partial charge in [0.1, 0.15) is 0 Å². The molecule has 2 heterocycles. The van der Waals surface area contributed by atoms with Crippen LogP contribution in [0.15, 0.2) is 40.9 Å². The van der Waals surface area contributed by atoms with Gasteiger partial charge >= 0.3 is 0 Å². The third-order valence-corrected chi connectivity index (χ3v) is 8.62. The molecule has 0 spiro atoms. The molecular weight excluding hydrogens is 560 g/mol. The van der Waals surface area contributed by atoms with Gasteiger partial charge in [0.05, 0.1) is 31.8 Å². The van der Waals surface area contributed by atoms with Gasteiger partial charge in [-0.15, -0.1) is 0 Å². The highest BCUT2D eigenvalue weighted by molar-refractivity contribution is 5.98. The van der Waals surface area contributed by atoms with Crippen LogP contribution in [0.1, 0.15) is 88.0 Å². The number of rotatable bonds is 17. The van der Waals surface area contributed by atoms with Crippen LogP contribution in [-0.2, 0) is 32.1 Å². The van der Waals surface area contributed by atoms with Gasteiger partial charge in [-0.2, -0.15) is 0 Å². The molecule has 2 fully saturated rings. The Hall–Kier alpha value is -3.37. The normalized spacial score (nSPS) is 18.3. The SMILES string of the molecule is CCC[C@H](NC(=O)c1cc(CN2CCOCC2)on1)C(=O)C[C@@H](Cc1ccccc1)C(=O)N[C@@H](CC(C)C)C(=O)C1(C)CC1. The Kier molecular flexibility index (Phi) is 11.9. The summed E-state index contributed by atoms with van der Waals surface area (Å²) >= 11 is 0. The van der Waals surface area contributed by atoms with Gasteiger partial charge in [0.25, 0.3) is 5.91 Å². The zero-order chi connectivity index (χ0) is 31.7. The van der Waals surface area contributed by atoms with Gasteiger partial charge in [-0.1, -0.05) is 69.6 Å². The molecule has 44 heavy (non-hydrogen) atoms. The topological polar surface area (TPSA) is 131 Å². The van der Waals surface area contributed by atoms with Gasteiger partial charge in [-0.25, -0.2) is 0 Å². The zero-order valence-electron chi connectivity index (χ0n) is 26.6. The Labute approximate surface area is 260 Å². The average Bonchev–Trinajstić information content (AvgIpc) is 3.59. The van der Waals surface area contributed by atoms with Crippen molar-refractivity contribution >= 4 is 23.4 Å². The lowest BCUT2D eigenvalue weighted by atomic mass is 9.88. The van der Waals surface area contributed by atoms with Gasteiger partial charge in [0, 0.05) is 36.9 Å². The van der Waals surface area contributed by atoms with Crippen LogP contribution in [0.4, 0.5) is 0 Å². The first-order valence-corrected chi connectivity index (χ1v) is 16.1. The fraction of sp³-hybridized carbons (Fsp3) is 0.618. The molecule has 3 atom stereocenters. The second-order valence-corrected chi connectivity index (χ2v) is 13.1. The van der Waals surface area contributed by atoms with Crippen molar-refractivity contribution in [3.05, 3.63) is 53.4 Å². The summed E-state index contributed by atoms with van der Waals surface area (Å²) in [5.41, 5.74) is 0.661. The lowest BCUT2D eigenvalue weighted by Crippen LogP contribution is -2.48. The van der Waals surface area contributed by atoms with E-state index in [0.29, 0.717) is 51.2 Å². The van der Waals surface area contributed by atoms with Crippen LogP contribution in [-0.4, -0.2) is 71.8 Å². The molecule has 1 aromatic heterocycles. The Balaban J connectivity index is 1.45. The van der Waals surface area contributed by atoms with Gasteiger partial charge in [-0.3, -0.25) is 24.1 Å². The third kappa shape index (κ3) is 9.56. The van der Waals surface area contributed by atoms with Gasteiger partial charge in [-0.05, 0) is 43.6 Å². The number of morpholine rings is 1. The van der Waals surface area contributed by atoms with Crippen molar-refractivity contribution in [1.29, 1.82) is 0 Å². The number of carbonyl (C=O) groups is 4. The second-order valence-electron chi connectivity index (χ2n) is 13.1. The number of hydrogen-bond acceptors (Lipinski definition) is 8. The van der Waals surface area contributed by atoms with E-state index in [2.05, 4.69) is 20.7 Å². The van der Waals surface area contributed by atoms with Crippen molar-refractivity contribution in [3.63, 3.8) is 0 Å². The lowest BCUT2D eigenvalue weighted by Gasteiger charge is -2.26. The summed E-state index contributed by atoms with van der Waals surface area (Å²) in [4.78, 5) is 56.1. The molecule has 2 amide bonds. The number of hydrogen-bond donors (Lipinski definition) is 2. The molecule has 2 N–H and O–H groups in total. The van der Waals surface area contributed by atoms with Crippen molar-refractivity contribution in [2.45, 2.75) is 91.3 Å². The maximum atomic E-state index is 13.8. The van der Waals surface area contributed by atoms with E-state index in [9.17, 15) is 19.2 Å². The van der Waals surface area contributed by atoms with E-state index in [1.807, 2.05) is 58.0 Å². The molecule has 10 nitrogen and oxygen atoms in total. The molecule has 1 saturated heterocycles. The van der Waals surface area contributed by atoms with Crippen molar-refractivity contribution in [2.24, 2.45) is 17.3 Å². The van der Waals surface area contributed by atoms with Gasteiger partial charge in [0.2, 0.25) is 5.91 Å². The van der Waals surface area contributed by atoms with E-state index in [4.69, 9.17) is 9.26 Å². The molecule has 1 aliphatic heterocycles. The minimum Gasteiger partial charge on any atom is -0.379 e. The molecule has 0 unspecified atom stereocenters. The number of Topliss-reactive ketones (excluding diaryl/α,β-unsaturated/α-hetero) is 2. The summed E-state index contributed by atoms with van der Waals surface area (Å²) in [6.45, 7) is 11.3. The molecule has 1 aliphatic carbocycles. The molecular formula is C34H48N4O6. The maximum absolute atomic E-state index is 13.8. The van der Waals surface area contributed by atoms with E-state index in [-0.39, 0.29) is 40.9 Å². The molecule has 1 aromatic carbocycles. The monoisotopic (exact) mass is 608 g/mol. The van der Waals surface area contributed by atoms with Crippen molar-refractivity contribution < 1.29 is 28.4 Å². The molecule has 1 saturated carbocycles. The second kappa shape index (κ2) is 15.6. The van der Waals surface area contributed by atoms with E-state index in [1.54, 1.807) is 6.07 Å². The summed E-state index contributed by atoms with van der Waals surface area (Å²) in [7, 11) is 0. The highest BCUT2D eigenvalue weighted by Crippen LogP contribution is 2.47. The summed E-state index contributed by atoms with van der Waals surface area (Å²) in [6.07, 6.45) is 3.59. The number of aromatic nitrogens is 1. The van der Waals surface area contributed by atoms with E-state index in [1.165, 1.54) is 0 Å². The minimum atomic E-state index is -0.781. The van der Waals surface area contributed by atoms with E-state index >= 15 is 0 Å². The van der Waals surface area contributed by atoms with Crippen LogP contribution < -0.4 is 10.6 Å². The molecule has 240 valence electrons. The van der Waals surface area contributed by atoms with Gasteiger partial charge < -0.3 is 19.9 Å². The predicted molar refractivity (Wildman–Crippen MR) is 166 cm³/mol. The van der Waals surface area contributed by atoms with E-state index < -0.39 is 23.9 Å². The number of nitrogens with one attached hydrogen (secondary N) is 2. The molecule has 10 heteroatoms. The van der Waals surface area contributed by atoms with Crippen LogP contribution >= 0.6 is 0 Å². The molecule has 0 bridgehead atoms. The maximum Gasteiger partial charge on any atom is 0.274 e. The zero-order valence-corrected chi connectivity index (χ0v) is 26.6. The summed E-state index contributed by atoms with van der Waals surface area (Å²) in [5, 5.41) is 9.82. The fourth-order valence-corrected chi connectivity index (χ4v) is 5.70. The third-order valence-electron chi connectivity index (χ3n) is 8.62. The largest absolute Gasteiger partial charge is 0.379 e. The standard InChI is InChI=1S/C34H48N4O6/c1-5-9-27(35-33(42)29-21-26(44-37-29)22-38-14-16-43-17-15-38)30(39)20-25(19-24-10-7-6-8-11-24)32(41)36-28(18-23(2)3)31(40)34(4)12-13-34/h6-8,10-11,21,23,25,27-28H,5,9,12-20,22H2,1-4H3,(H,35,42)(H,36,41)/t25-,27+,28+/m1/s1. The fourth-order valence-electron chi connectivity index (χ4n) is 5.70. The van der Waals surface area contributed by atoms with Crippen LogP contribution in [0, 0.1) is 17.3 Å². The first-order valence-electron chi connectivity index (χ1n) is 16.1. The molecule has 0 radical (unpaired) electrons. The highest BCUT2D eigenvalue weighted by atomic mass is 16.5. The Morgan fingerprint density at radius 3 is 2.36 bits per heavy atom. The number of amides is 2. The van der Waals surface area contributed by atoms with Crippen LogP contribution in [0.2, 0.25) is 0 Å². The van der Waals surface area contributed by atoms with Crippen LogP contribution in [0.5, 0.6) is 0 Å².